The SMILES string of the molecule is O=C(Cc1ccccc1Cl)C1CCc2ccccc21. The van der Waals surface area contributed by atoms with Gasteiger partial charge >= 0.3 is 0 Å². The number of aryl methyl sites for hydroxylation is 1. The third-order valence-corrected chi connectivity index (χ3v) is 4.21. The lowest BCUT2D eigenvalue weighted by molar-refractivity contribution is -0.119. The molecule has 0 aromatic heterocycles. The zero-order valence-corrected chi connectivity index (χ0v) is 11.4. The second-order valence-electron chi connectivity index (χ2n) is 5.02. The lowest BCUT2D eigenvalue weighted by Crippen LogP contribution is -2.12. The van der Waals surface area contributed by atoms with E-state index in [1.807, 2.05) is 36.4 Å². The van der Waals surface area contributed by atoms with Crippen molar-refractivity contribution in [3.63, 3.8) is 0 Å². The molecule has 0 spiro atoms. The average Bonchev–Trinajstić information content (AvgIpc) is 2.85. The van der Waals surface area contributed by atoms with E-state index >= 15 is 0 Å². The van der Waals surface area contributed by atoms with Crippen LogP contribution in [0.15, 0.2) is 48.5 Å². The predicted octanol–water partition coefficient (Wildman–Crippen LogP) is 4.18. The second-order valence-corrected chi connectivity index (χ2v) is 5.43. The van der Waals surface area contributed by atoms with Crippen molar-refractivity contribution >= 4 is 17.4 Å². The van der Waals surface area contributed by atoms with E-state index in [0.717, 1.165) is 18.4 Å². The predicted molar refractivity (Wildman–Crippen MR) is 77.7 cm³/mol. The van der Waals surface area contributed by atoms with E-state index in [-0.39, 0.29) is 11.7 Å². The zero-order chi connectivity index (χ0) is 13.2. The fourth-order valence-electron chi connectivity index (χ4n) is 2.84. The molecule has 3 rings (SSSR count). The summed E-state index contributed by atoms with van der Waals surface area (Å²) in [6.45, 7) is 0. The van der Waals surface area contributed by atoms with Gasteiger partial charge in [0.15, 0.2) is 0 Å². The fourth-order valence-corrected chi connectivity index (χ4v) is 3.05. The summed E-state index contributed by atoms with van der Waals surface area (Å²) in [7, 11) is 0. The van der Waals surface area contributed by atoms with Crippen LogP contribution in [0, 0.1) is 0 Å². The number of carbonyl (C=O) groups excluding carboxylic acids is 1. The molecular weight excluding hydrogens is 256 g/mol. The van der Waals surface area contributed by atoms with E-state index in [0.29, 0.717) is 11.4 Å². The van der Waals surface area contributed by atoms with Crippen LogP contribution in [0.3, 0.4) is 0 Å². The van der Waals surface area contributed by atoms with Crippen molar-refractivity contribution in [2.24, 2.45) is 0 Å². The van der Waals surface area contributed by atoms with Crippen LogP contribution in [0.4, 0.5) is 0 Å². The molecule has 2 heteroatoms. The molecule has 1 atom stereocenters. The summed E-state index contributed by atoms with van der Waals surface area (Å²) in [6.07, 6.45) is 2.37. The molecule has 2 aromatic rings. The lowest BCUT2D eigenvalue weighted by Gasteiger charge is -2.11. The summed E-state index contributed by atoms with van der Waals surface area (Å²) in [5, 5.41) is 0.683. The number of benzene rings is 2. The second kappa shape index (κ2) is 5.18. The zero-order valence-electron chi connectivity index (χ0n) is 10.6. The van der Waals surface area contributed by atoms with Crippen LogP contribution in [-0.4, -0.2) is 5.78 Å². The molecular formula is C17H15ClO. The first-order chi connectivity index (χ1) is 9.25. The number of halogens is 1. The number of rotatable bonds is 3. The van der Waals surface area contributed by atoms with E-state index in [9.17, 15) is 4.79 Å². The van der Waals surface area contributed by atoms with Crippen molar-refractivity contribution in [2.75, 3.05) is 0 Å². The van der Waals surface area contributed by atoms with Gasteiger partial charge in [-0.05, 0) is 35.6 Å². The van der Waals surface area contributed by atoms with Gasteiger partial charge in [-0.1, -0.05) is 54.1 Å². The number of carbonyl (C=O) groups is 1. The van der Waals surface area contributed by atoms with Gasteiger partial charge in [0.1, 0.15) is 5.78 Å². The van der Waals surface area contributed by atoms with Crippen LogP contribution in [0.25, 0.3) is 0 Å². The molecule has 1 aliphatic carbocycles. The molecule has 19 heavy (non-hydrogen) atoms. The quantitative estimate of drug-likeness (QED) is 0.818. The third-order valence-electron chi connectivity index (χ3n) is 3.84. The minimum Gasteiger partial charge on any atom is -0.299 e. The van der Waals surface area contributed by atoms with Crippen LogP contribution < -0.4 is 0 Å². The number of fused-ring (bicyclic) bond motifs is 1. The van der Waals surface area contributed by atoms with Crippen LogP contribution >= 0.6 is 11.6 Å². The van der Waals surface area contributed by atoms with E-state index < -0.39 is 0 Å². The normalized spacial score (nSPS) is 17.2. The highest BCUT2D eigenvalue weighted by Gasteiger charge is 2.28. The minimum absolute atomic E-state index is 0.0486. The smallest absolute Gasteiger partial charge is 0.144 e. The van der Waals surface area contributed by atoms with Crippen LogP contribution in [0.5, 0.6) is 0 Å². The number of ketones is 1. The molecule has 1 aliphatic rings. The molecule has 0 amide bonds. The summed E-state index contributed by atoms with van der Waals surface area (Å²) in [5.41, 5.74) is 3.46. The Balaban J connectivity index is 1.81. The Bertz CT molecular complexity index is 618. The Morgan fingerprint density at radius 1 is 1.11 bits per heavy atom. The molecule has 0 bridgehead atoms. The van der Waals surface area contributed by atoms with Gasteiger partial charge in [0.25, 0.3) is 0 Å². The first-order valence-corrected chi connectivity index (χ1v) is 6.97. The molecule has 96 valence electrons. The topological polar surface area (TPSA) is 17.1 Å². The summed E-state index contributed by atoms with van der Waals surface area (Å²) in [4.78, 5) is 12.5. The van der Waals surface area contributed by atoms with Crippen molar-refractivity contribution in [2.45, 2.75) is 25.2 Å². The van der Waals surface area contributed by atoms with Gasteiger partial charge in [-0.15, -0.1) is 0 Å². The van der Waals surface area contributed by atoms with Gasteiger partial charge in [-0.2, -0.15) is 0 Å². The first kappa shape index (κ1) is 12.4. The van der Waals surface area contributed by atoms with Crippen molar-refractivity contribution in [1.82, 2.24) is 0 Å². The molecule has 2 aromatic carbocycles. The van der Waals surface area contributed by atoms with Gasteiger partial charge in [0.2, 0.25) is 0 Å². The van der Waals surface area contributed by atoms with E-state index in [1.165, 1.54) is 11.1 Å². The van der Waals surface area contributed by atoms with Crippen LogP contribution in [-0.2, 0) is 17.6 Å². The Kier molecular flexibility index (Phi) is 3.39. The Morgan fingerprint density at radius 2 is 1.84 bits per heavy atom. The van der Waals surface area contributed by atoms with Crippen molar-refractivity contribution < 1.29 is 4.79 Å². The van der Waals surface area contributed by atoms with E-state index in [4.69, 9.17) is 11.6 Å². The minimum atomic E-state index is 0.0486. The summed E-state index contributed by atoms with van der Waals surface area (Å²) in [6, 6.07) is 15.8. The molecule has 0 heterocycles. The maximum absolute atomic E-state index is 12.5. The molecule has 1 unspecified atom stereocenters. The highest BCUT2D eigenvalue weighted by atomic mass is 35.5. The summed E-state index contributed by atoms with van der Waals surface area (Å²) >= 11 is 6.12. The van der Waals surface area contributed by atoms with Gasteiger partial charge in [-0.3, -0.25) is 4.79 Å². The Morgan fingerprint density at radius 3 is 2.68 bits per heavy atom. The largest absolute Gasteiger partial charge is 0.299 e. The maximum Gasteiger partial charge on any atom is 0.144 e. The van der Waals surface area contributed by atoms with E-state index in [2.05, 4.69) is 12.1 Å². The summed E-state index contributed by atoms with van der Waals surface area (Å²) < 4.78 is 0. The van der Waals surface area contributed by atoms with Gasteiger partial charge < -0.3 is 0 Å². The monoisotopic (exact) mass is 270 g/mol. The van der Waals surface area contributed by atoms with Crippen molar-refractivity contribution in [1.29, 1.82) is 0 Å². The maximum atomic E-state index is 12.5. The standard InChI is InChI=1S/C17H15ClO/c18-16-8-4-2-6-13(16)11-17(19)15-10-9-12-5-1-3-7-14(12)15/h1-8,15H,9-11H2. The molecule has 0 fully saturated rings. The summed E-state index contributed by atoms with van der Waals surface area (Å²) in [5.74, 6) is 0.325. The van der Waals surface area contributed by atoms with Crippen LogP contribution in [0.2, 0.25) is 5.02 Å². The van der Waals surface area contributed by atoms with E-state index in [1.54, 1.807) is 0 Å². The Hall–Kier alpha value is -1.60. The highest BCUT2D eigenvalue weighted by molar-refractivity contribution is 6.31. The third kappa shape index (κ3) is 2.43. The molecule has 0 N–H and O–H groups in total. The molecule has 0 radical (unpaired) electrons. The number of Topliss-reactive ketones (excluding diaryl/α,β-unsaturated/α-hetero) is 1. The fraction of sp³-hybridized carbons (Fsp3) is 0.235. The van der Waals surface area contributed by atoms with Crippen molar-refractivity contribution in [3.8, 4) is 0 Å². The molecule has 1 nitrogen and oxygen atoms in total. The highest BCUT2D eigenvalue weighted by Crippen LogP contribution is 2.34. The molecule has 0 aliphatic heterocycles. The van der Waals surface area contributed by atoms with Gasteiger partial charge in [-0.25, -0.2) is 0 Å². The van der Waals surface area contributed by atoms with Gasteiger partial charge in [0.05, 0.1) is 0 Å². The average molecular weight is 271 g/mol. The van der Waals surface area contributed by atoms with Crippen LogP contribution in [0.1, 0.15) is 29.0 Å². The van der Waals surface area contributed by atoms with Gasteiger partial charge in [0, 0.05) is 17.4 Å². The number of hydrogen-bond acceptors (Lipinski definition) is 1. The number of hydrogen-bond donors (Lipinski definition) is 0. The molecule has 0 saturated carbocycles. The first-order valence-electron chi connectivity index (χ1n) is 6.59. The van der Waals surface area contributed by atoms with Crippen molar-refractivity contribution in [3.05, 3.63) is 70.2 Å². The molecule has 0 saturated heterocycles. The Labute approximate surface area is 118 Å². The lowest BCUT2D eigenvalue weighted by atomic mass is 9.92.